The smallest absolute Gasteiger partial charge is 0.253 e. The number of hydrogen-bond donors (Lipinski definition) is 2. The zero-order chi connectivity index (χ0) is 18.2. The van der Waals surface area contributed by atoms with Gasteiger partial charge in [0.05, 0.1) is 6.54 Å². The van der Waals surface area contributed by atoms with Gasteiger partial charge in [-0.1, -0.05) is 12.1 Å². The van der Waals surface area contributed by atoms with Crippen LogP contribution in [-0.4, -0.2) is 36.3 Å². The van der Waals surface area contributed by atoms with Gasteiger partial charge < -0.3 is 15.5 Å². The fraction of sp³-hybridized carbons (Fsp3) is 0.263. The van der Waals surface area contributed by atoms with Gasteiger partial charge in [-0.15, -0.1) is 0 Å². The quantitative estimate of drug-likeness (QED) is 0.734. The van der Waals surface area contributed by atoms with Crippen LogP contribution in [0, 0.1) is 0 Å². The second-order valence-corrected chi connectivity index (χ2v) is 6.29. The molecule has 0 saturated carbocycles. The van der Waals surface area contributed by atoms with Crippen LogP contribution in [0.15, 0.2) is 53.0 Å². The monoisotopic (exact) mass is 403 g/mol. The predicted molar refractivity (Wildman–Crippen MR) is 105 cm³/mol. The molecule has 25 heavy (non-hydrogen) atoms. The summed E-state index contributed by atoms with van der Waals surface area (Å²) in [4.78, 5) is 26.1. The van der Waals surface area contributed by atoms with Crippen molar-refractivity contribution < 1.29 is 9.59 Å². The Morgan fingerprint density at radius 3 is 2.24 bits per heavy atom. The Morgan fingerprint density at radius 1 is 1.00 bits per heavy atom. The van der Waals surface area contributed by atoms with Crippen molar-refractivity contribution in [2.45, 2.75) is 13.8 Å². The lowest BCUT2D eigenvalue weighted by Gasteiger charge is -2.18. The summed E-state index contributed by atoms with van der Waals surface area (Å²) in [7, 11) is 0. The minimum atomic E-state index is -0.154. The maximum absolute atomic E-state index is 12.3. The molecule has 0 fully saturated rings. The third kappa shape index (κ3) is 5.32. The van der Waals surface area contributed by atoms with Crippen LogP contribution in [0.25, 0.3) is 0 Å². The molecule has 0 unspecified atom stereocenters. The Balaban J connectivity index is 1.91. The molecule has 132 valence electrons. The molecular formula is C19H22BrN3O2. The summed E-state index contributed by atoms with van der Waals surface area (Å²) in [6, 6.07) is 14.6. The van der Waals surface area contributed by atoms with Crippen LogP contribution >= 0.6 is 15.9 Å². The Labute approximate surface area is 156 Å². The molecule has 0 atom stereocenters. The third-order valence-electron chi connectivity index (χ3n) is 3.78. The number of benzene rings is 2. The molecule has 2 rings (SSSR count). The molecule has 6 heteroatoms. The highest BCUT2D eigenvalue weighted by molar-refractivity contribution is 9.10. The fourth-order valence-corrected chi connectivity index (χ4v) is 2.80. The van der Waals surface area contributed by atoms with Crippen molar-refractivity contribution in [3.8, 4) is 0 Å². The van der Waals surface area contributed by atoms with Crippen molar-refractivity contribution in [2.75, 3.05) is 30.3 Å². The molecule has 0 heterocycles. The van der Waals surface area contributed by atoms with Gasteiger partial charge in [0, 0.05) is 34.5 Å². The topological polar surface area (TPSA) is 61.4 Å². The highest BCUT2D eigenvalue weighted by Crippen LogP contribution is 2.20. The molecule has 0 spiro atoms. The first-order valence-electron chi connectivity index (χ1n) is 8.22. The van der Waals surface area contributed by atoms with E-state index in [4.69, 9.17) is 0 Å². The maximum Gasteiger partial charge on any atom is 0.253 e. The van der Waals surface area contributed by atoms with Crippen molar-refractivity contribution in [1.82, 2.24) is 4.90 Å². The van der Waals surface area contributed by atoms with Crippen LogP contribution in [0.3, 0.4) is 0 Å². The van der Waals surface area contributed by atoms with Gasteiger partial charge in [0.2, 0.25) is 5.91 Å². The molecule has 0 aromatic heterocycles. The molecular weight excluding hydrogens is 382 g/mol. The van der Waals surface area contributed by atoms with Crippen molar-refractivity contribution >= 4 is 39.1 Å². The van der Waals surface area contributed by atoms with Crippen molar-refractivity contribution in [3.63, 3.8) is 0 Å². The van der Waals surface area contributed by atoms with Crippen molar-refractivity contribution in [2.24, 2.45) is 0 Å². The lowest BCUT2D eigenvalue weighted by atomic mass is 10.1. The first-order chi connectivity index (χ1) is 12.0. The normalized spacial score (nSPS) is 10.2. The Morgan fingerprint density at radius 2 is 1.64 bits per heavy atom. The van der Waals surface area contributed by atoms with Gasteiger partial charge in [-0.05, 0) is 66.2 Å². The molecule has 0 aliphatic rings. The first kappa shape index (κ1) is 19.0. The standard InChI is InChI=1S/C19H22BrN3O2/c1-3-23(4-2)19(25)14-9-11-15(12-10-14)22-18(24)13-21-17-8-6-5-7-16(17)20/h5-12,21H,3-4,13H2,1-2H3,(H,22,24). The van der Waals surface area contributed by atoms with E-state index >= 15 is 0 Å². The van der Waals surface area contributed by atoms with Gasteiger partial charge in [-0.25, -0.2) is 0 Å². The summed E-state index contributed by atoms with van der Waals surface area (Å²) in [6.45, 7) is 5.41. The van der Waals surface area contributed by atoms with Gasteiger partial charge in [0.15, 0.2) is 0 Å². The van der Waals surface area contributed by atoms with E-state index in [0.29, 0.717) is 24.3 Å². The summed E-state index contributed by atoms with van der Waals surface area (Å²) in [6.07, 6.45) is 0. The number of amides is 2. The van der Waals surface area contributed by atoms with Crippen LogP contribution in [0.5, 0.6) is 0 Å². The van der Waals surface area contributed by atoms with Crippen molar-refractivity contribution in [1.29, 1.82) is 0 Å². The molecule has 2 aromatic rings. The average Bonchev–Trinajstić information content (AvgIpc) is 2.62. The molecule has 2 N–H and O–H groups in total. The number of anilines is 2. The molecule has 0 radical (unpaired) electrons. The minimum Gasteiger partial charge on any atom is -0.375 e. The van der Waals surface area contributed by atoms with E-state index in [9.17, 15) is 9.59 Å². The number of nitrogens with one attached hydrogen (secondary N) is 2. The van der Waals surface area contributed by atoms with E-state index in [1.807, 2.05) is 38.1 Å². The van der Waals surface area contributed by atoms with Gasteiger partial charge in [-0.2, -0.15) is 0 Å². The summed E-state index contributed by atoms with van der Waals surface area (Å²) >= 11 is 3.43. The zero-order valence-corrected chi connectivity index (χ0v) is 16.0. The Hall–Kier alpha value is -2.34. The number of hydrogen-bond acceptors (Lipinski definition) is 3. The molecule has 5 nitrogen and oxygen atoms in total. The summed E-state index contributed by atoms with van der Waals surface area (Å²) in [5.74, 6) is -0.156. The number of nitrogens with zero attached hydrogens (tertiary/aromatic N) is 1. The largest absolute Gasteiger partial charge is 0.375 e. The lowest BCUT2D eigenvalue weighted by Crippen LogP contribution is -2.30. The van der Waals surface area contributed by atoms with Crippen molar-refractivity contribution in [3.05, 3.63) is 58.6 Å². The summed E-state index contributed by atoms with van der Waals surface area (Å²) in [5.41, 5.74) is 2.14. The maximum atomic E-state index is 12.3. The fourth-order valence-electron chi connectivity index (χ4n) is 2.37. The molecule has 2 aromatic carbocycles. The summed E-state index contributed by atoms with van der Waals surface area (Å²) in [5, 5.41) is 5.89. The van der Waals surface area contributed by atoms with Gasteiger partial charge >= 0.3 is 0 Å². The van der Waals surface area contributed by atoms with Crippen LogP contribution in [0.1, 0.15) is 24.2 Å². The highest BCUT2D eigenvalue weighted by Gasteiger charge is 2.12. The second-order valence-electron chi connectivity index (χ2n) is 5.44. The number of para-hydroxylation sites is 1. The van der Waals surface area contributed by atoms with E-state index in [-0.39, 0.29) is 18.4 Å². The molecule has 0 bridgehead atoms. The van der Waals surface area contributed by atoms with E-state index in [1.165, 1.54) is 0 Å². The number of carbonyl (C=O) groups is 2. The predicted octanol–water partition coefficient (Wildman–Crippen LogP) is 3.98. The molecule has 2 amide bonds. The molecule has 0 aliphatic heterocycles. The zero-order valence-electron chi connectivity index (χ0n) is 14.4. The Kier molecular flexibility index (Phi) is 7.01. The number of carbonyl (C=O) groups excluding carboxylic acids is 2. The second kappa shape index (κ2) is 9.22. The van der Waals surface area contributed by atoms with Crippen LogP contribution in [-0.2, 0) is 4.79 Å². The average molecular weight is 404 g/mol. The van der Waals surface area contributed by atoms with Crippen LogP contribution < -0.4 is 10.6 Å². The van der Waals surface area contributed by atoms with Gasteiger partial charge in [0.1, 0.15) is 0 Å². The highest BCUT2D eigenvalue weighted by atomic mass is 79.9. The first-order valence-corrected chi connectivity index (χ1v) is 9.02. The van der Waals surface area contributed by atoms with E-state index < -0.39 is 0 Å². The minimum absolute atomic E-state index is 0.00142. The summed E-state index contributed by atoms with van der Waals surface area (Å²) < 4.78 is 0.905. The van der Waals surface area contributed by atoms with Crippen LogP contribution in [0.2, 0.25) is 0 Å². The van der Waals surface area contributed by atoms with E-state index in [2.05, 4.69) is 26.6 Å². The van der Waals surface area contributed by atoms with Crippen LogP contribution in [0.4, 0.5) is 11.4 Å². The Bertz CT molecular complexity index is 728. The lowest BCUT2D eigenvalue weighted by molar-refractivity contribution is -0.114. The molecule has 0 aliphatic carbocycles. The number of halogens is 1. The number of rotatable bonds is 7. The third-order valence-corrected chi connectivity index (χ3v) is 4.47. The SMILES string of the molecule is CCN(CC)C(=O)c1ccc(NC(=O)CNc2ccccc2Br)cc1. The molecule has 0 saturated heterocycles. The van der Waals surface area contributed by atoms with Gasteiger partial charge in [0.25, 0.3) is 5.91 Å². The van der Waals surface area contributed by atoms with Gasteiger partial charge in [-0.3, -0.25) is 9.59 Å². The van der Waals surface area contributed by atoms with E-state index in [0.717, 1.165) is 10.2 Å². The van der Waals surface area contributed by atoms with E-state index in [1.54, 1.807) is 29.2 Å².